The van der Waals surface area contributed by atoms with E-state index in [-0.39, 0.29) is 18.3 Å². The molecule has 0 aliphatic carbocycles. The fourth-order valence-electron chi connectivity index (χ4n) is 2.35. The highest BCUT2D eigenvalue weighted by Crippen LogP contribution is 2.29. The number of nitrogens with one attached hydrogen (secondary N) is 1. The summed E-state index contributed by atoms with van der Waals surface area (Å²) in [7, 11) is 1.54. The zero-order valence-corrected chi connectivity index (χ0v) is 14.1. The van der Waals surface area contributed by atoms with Crippen molar-refractivity contribution in [1.82, 2.24) is 15.5 Å². The van der Waals surface area contributed by atoms with Crippen LogP contribution >= 0.6 is 0 Å². The number of carbonyl (C=O) groups excluding carboxylic acids is 1. The Morgan fingerprint density at radius 1 is 1.15 bits per heavy atom. The quantitative estimate of drug-likeness (QED) is 0.734. The second-order valence-electron chi connectivity index (χ2n) is 5.49. The van der Waals surface area contributed by atoms with Crippen molar-refractivity contribution in [2.75, 3.05) is 7.11 Å². The number of methoxy groups -OCH3 is 1. The molecule has 0 aliphatic rings. The highest BCUT2D eigenvalue weighted by atomic mass is 19.4. The van der Waals surface area contributed by atoms with Crippen LogP contribution in [0.15, 0.2) is 53.1 Å². The van der Waals surface area contributed by atoms with Crippen LogP contribution in [-0.4, -0.2) is 23.2 Å². The molecular formula is C18H14F3N3O3. The molecule has 3 aromatic rings. The van der Waals surface area contributed by atoms with Crippen molar-refractivity contribution in [1.29, 1.82) is 0 Å². The van der Waals surface area contributed by atoms with Crippen LogP contribution < -0.4 is 10.1 Å². The zero-order chi connectivity index (χ0) is 19.4. The van der Waals surface area contributed by atoms with Gasteiger partial charge in [-0.25, -0.2) is 0 Å². The Bertz CT molecular complexity index is 937. The molecule has 3 rings (SSSR count). The minimum atomic E-state index is -4.70. The lowest BCUT2D eigenvalue weighted by atomic mass is 10.1. The fourth-order valence-corrected chi connectivity index (χ4v) is 2.35. The van der Waals surface area contributed by atoms with Gasteiger partial charge in [-0.3, -0.25) is 4.79 Å². The lowest BCUT2D eigenvalue weighted by molar-refractivity contribution is -0.159. The number of benzene rings is 2. The molecule has 0 bridgehead atoms. The van der Waals surface area contributed by atoms with Crippen molar-refractivity contribution in [3.63, 3.8) is 0 Å². The summed E-state index contributed by atoms with van der Waals surface area (Å²) in [5.41, 5.74) is 1.46. The van der Waals surface area contributed by atoms with Crippen LogP contribution in [0.5, 0.6) is 5.75 Å². The Hall–Kier alpha value is -3.36. The summed E-state index contributed by atoms with van der Waals surface area (Å²) in [5.74, 6) is -1.30. The second-order valence-corrected chi connectivity index (χ2v) is 5.49. The van der Waals surface area contributed by atoms with Crippen molar-refractivity contribution in [3.05, 3.63) is 65.5 Å². The molecule has 1 heterocycles. The molecule has 0 fully saturated rings. The Balaban J connectivity index is 1.68. The SMILES string of the molecule is COc1ccccc1CNC(=O)c1ccc(-c2noc(C(F)(F)F)n2)cc1. The summed E-state index contributed by atoms with van der Waals surface area (Å²) in [6.07, 6.45) is -4.70. The third-order valence-corrected chi connectivity index (χ3v) is 3.71. The monoisotopic (exact) mass is 377 g/mol. The number of hydrogen-bond donors (Lipinski definition) is 1. The maximum absolute atomic E-state index is 12.5. The third kappa shape index (κ3) is 4.25. The van der Waals surface area contributed by atoms with Gasteiger partial charge in [0.25, 0.3) is 5.91 Å². The van der Waals surface area contributed by atoms with Gasteiger partial charge in [-0.05, 0) is 18.2 Å². The number of rotatable bonds is 5. The third-order valence-electron chi connectivity index (χ3n) is 3.71. The predicted octanol–water partition coefficient (Wildman–Crippen LogP) is 3.69. The van der Waals surface area contributed by atoms with Crippen molar-refractivity contribution >= 4 is 5.91 Å². The second kappa shape index (κ2) is 7.48. The maximum Gasteiger partial charge on any atom is 0.471 e. The van der Waals surface area contributed by atoms with Gasteiger partial charge in [-0.15, -0.1) is 0 Å². The van der Waals surface area contributed by atoms with Gasteiger partial charge in [0.2, 0.25) is 5.82 Å². The van der Waals surface area contributed by atoms with Crippen LogP contribution in [0.3, 0.4) is 0 Å². The number of amides is 1. The molecule has 6 nitrogen and oxygen atoms in total. The molecule has 0 atom stereocenters. The number of nitrogens with zero attached hydrogens (tertiary/aromatic N) is 2. The molecule has 0 saturated carbocycles. The van der Waals surface area contributed by atoms with Crippen molar-refractivity contribution in [3.8, 4) is 17.1 Å². The number of aromatic nitrogens is 2. The van der Waals surface area contributed by atoms with E-state index in [1.54, 1.807) is 13.2 Å². The lowest BCUT2D eigenvalue weighted by Crippen LogP contribution is -2.22. The minimum Gasteiger partial charge on any atom is -0.496 e. The zero-order valence-electron chi connectivity index (χ0n) is 14.1. The largest absolute Gasteiger partial charge is 0.496 e. The Labute approximate surface area is 152 Å². The average molecular weight is 377 g/mol. The normalized spacial score (nSPS) is 11.3. The number of alkyl halides is 3. The first-order valence-electron chi connectivity index (χ1n) is 7.80. The van der Waals surface area contributed by atoms with E-state index in [4.69, 9.17) is 4.74 Å². The minimum absolute atomic E-state index is 0.205. The average Bonchev–Trinajstić information content (AvgIpc) is 3.17. The summed E-state index contributed by atoms with van der Waals surface area (Å²) in [6, 6.07) is 13.1. The van der Waals surface area contributed by atoms with E-state index in [2.05, 4.69) is 20.0 Å². The number of hydrogen-bond acceptors (Lipinski definition) is 5. The van der Waals surface area contributed by atoms with Gasteiger partial charge in [0, 0.05) is 23.2 Å². The number of para-hydroxylation sites is 1. The summed E-state index contributed by atoms with van der Waals surface area (Å²) >= 11 is 0. The molecular weight excluding hydrogens is 363 g/mol. The molecule has 0 unspecified atom stereocenters. The van der Waals surface area contributed by atoms with Crippen LogP contribution in [0.4, 0.5) is 13.2 Å². The summed E-state index contributed by atoms with van der Waals surface area (Å²) < 4.78 is 46.9. The summed E-state index contributed by atoms with van der Waals surface area (Å²) in [5, 5.41) is 6.06. The van der Waals surface area contributed by atoms with E-state index >= 15 is 0 Å². The standard InChI is InChI=1S/C18H14F3N3O3/c1-26-14-5-3-2-4-13(14)10-22-16(25)12-8-6-11(7-9-12)15-23-17(27-24-15)18(19,20)21/h2-9H,10H2,1H3,(H,22,25). The van der Waals surface area contributed by atoms with Gasteiger partial charge in [-0.2, -0.15) is 18.2 Å². The van der Waals surface area contributed by atoms with E-state index in [0.29, 0.717) is 16.9 Å². The van der Waals surface area contributed by atoms with Gasteiger partial charge < -0.3 is 14.6 Å². The van der Waals surface area contributed by atoms with Crippen LogP contribution in [0.25, 0.3) is 11.4 Å². The highest BCUT2D eigenvalue weighted by Gasteiger charge is 2.38. The molecule has 1 aromatic heterocycles. The Kier molecular flexibility index (Phi) is 5.11. The molecule has 0 spiro atoms. The van der Waals surface area contributed by atoms with Crippen LogP contribution in [0, 0.1) is 0 Å². The summed E-state index contributed by atoms with van der Waals surface area (Å²) in [6.45, 7) is 0.268. The molecule has 140 valence electrons. The predicted molar refractivity (Wildman–Crippen MR) is 88.9 cm³/mol. The van der Waals surface area contributed by atoms with Crippen LogP contribution in [0.1, 0.15) is 21.8 Å². The van der Waals surface area contributed by atoms with E-state index in [9.17, 15) is 18.0 Å². The van der Waals surface area contributed by atoms with Gasteiger partial charge in [0.15, 0.2) is 0 Å². The molecule has 0 aliphatic heterocycles. The lowest BCUT2D eigenvalue weighted by Gasteiger charge is -2.09. The molecule has 0 radical (unpaired) electrons. The first-order valence-corrected chi connectivity index (χ1v) is 7.80. The molecule has 0 saturated heterocycles. The topological polar surface area (TPSA) is 77.2 Å². The maximum atomic E-state index is 12.5. The van der Waals surface area contributed by atoms with Crippen LogP contribution in [-0.2, 0) is 12.7 Å². The van der Waals surface area contributed by atoms with Crippen molar-refractivity contribution in [2.45, 2.75) is 12.7 Å². The van der Waals surface area contributed by atoms with Gasteiger partial charge in [0.05, 0.1) is 7.11 Å². The van der Waals surface area contributed by atoms with Crippen molar-refractivity contribution in [2.24, 2.45) is 0 Å². The van der Waals surface area contributed by atoms with Crippen molar-refractivity contribution < 1.29 is 27.2 Å². The van der Waals surface area contributed by atoms with E-state index < -0.39 is 12.1 Å². The molecule has 2 aromatic carbocycles. The fraction of sp³-hybridized carbons (Fsp3) is 0.167. The van der Waals surface area contributed by atoms with Crippen LogP contribution in [0.2, 0.25) is 0 Å². The van der Waals surface area contributed by atoms with E-state index in [1.165, 1.54) is 24.3 Å². The smallest absolute Gasteiger partial charge is 0.471 e. The first-order chi connectivity index (χ1) is 12.9. The first kappa shape index (κ1) is 18.4. The Morgan fingerprint density at radius 3 is 2.48 bits per heavy atom. The number of carbonyl (C=O) groups is 1. The Morgan fingerprint density at radius 2 is 1.85 bits per heavy atom. The van der Waals surface area contributed by atoms with Gasteiger partial charge in [0.1, 0.15) is 5.75 Å². The molecule has 1 N–H and O–H groups in total. The highest BCUT2D eigenvalue weighted by molar-refractivity contribution is 5.94. The molecule has 9 heteroatoms. The number of halogens is 3. The van der Waals surface area contributed by atoms with E-state index in [0.717, 1.165) is 5.56 Å². The summed E-state index contributed by atoms with van der Waals surface area (Å²) in [4.78, 5) is 15.6. The van der Waals surface area contributed by atoms with E-state index in [1.807, 2.05) is 18.2 Å². The molecule has 1 amide bonds. The number of ether oxygens (including phenoxy) is 1. The van der Waals surface area contributed by atoms with Gasteiger partial charge in [-0.1, -0.05) is 35.5 Å². The molecule has 27 heavy (non-hydrogen) atoms. The van der Waals surface area contributed by atoms with Gasteiger partial charge >= 0.3 is 12.1 Å².